The number of rotatable bonds is 39. The van der Waals surface area contributed by atoms with Crippen LogP contribution in [-0.2, 0) is 63.0 Å². The Morgan fingerprint density at radius 1 is 0.491 bits per heavy atom. The van der Waals surface area contributed by atoms with Crippen LogP contribution >= 0.6 is 0 Å². The predicted molar refractivity (Wildman–Crippen MR) is 205 cm³/mol. The van der Waals surface area contributed by atoms with Gasteiger partial charge in [0.15, 0.2) is 0 Å². The van der Waals surface area contributed by atoms with E-state index in [1.807, 2.05) is 0 Å². The largest absolute Gasteiger partial charge is 0.460 e. The molecule has 2 aromatic rings. The van der Waals surface area contributed by atoms with E-state index >= 15 is 0 Å². The third-order valence-corrected chi connectivity index (χ3v) is 7.44. The summed E-state index contributed by atoms with van der Waals surface area (Å²) >= 11 is 0. The monoisotopic (exact) mass is 821 g/mol. The number of nitrogens with one attached hydrogen (secondary N) is 1. The zero-order valence-electron chi connectivity index (χ0n) is 33.2. The molecule has 0 aliphatic rings. The van der Waals surface area contributed by atoms with E-state index in [1.54, 1.807) is 18.2 Å². The van der Waals surface area contributed by atoms with Crippen molar-refractivity contribution < 1.29 is 74.8 Å². The Balaban J connectivity index is 1.26. The molecule has 57 heavy (non-hydrogen) atoms. The third-order valence-electron chi connectivity index (χ3n) is 7.44. The molecular weight excluding hydrogens is 759 g/mol. The second-order valence-electron chi connectivity index (χ2n) is 12.0. The molecule has 17 heteroatoms. The minimum Gasteiger partial charge on any atom is -0.460 e. The summed E-state index contributed by atoms with van der Waals surface area (Å²) in [6, 6.07) is 11.1. The summed E-state index contributed by atoms with van der Waals surface area (Å²) in [5.41, 5.74) is -0.0921. The smallest absolute Gasteiger partial charge is 0.416 e. The van der Waals surface area contributed by atoms with Crippen molar-refractivity contribution in [2.45, 2.75) is 25.9 Å². The van der Waals surface area contributed by atoms with Gasteiger partial charge in [-0.3, -0.25) is 0 Å². The van der Waals surface area contributed by atoms with Crippen molar-refractivity contribution in [3.8, 4) is 0 Å². The van der Waals surface area contributed by atoms with Gasteiger partial charge >= 0.3 is 12.1 Å². The number of benzene rings is 2. The minimum absolute atomic E-state index is 0.00262. The Morgan fingerprint density at radius 2 is 0.860 bits per heavy atom. The number of esters is 1. The Kier molecular flexibility index (Phi) is 30.9. The van der Waals surface area contributed by atoms with Gasteiger partial charge in [0.05, 0.1) is 156 Å². The van der Waals surface area contributed by atoms with Crippen molar-refractivity contribution in [2.24, 2.45) is 0 Å². The van der Waals surface area contributed by atoms with Crippen LogP contribution in [0.5, 0.6) is 0 Å². The maximum Gasteiger partial charge on any atom is 0.416 e. The molecule has 2 aromatic carbocycles. The fourth-order valence-corrected chi connectivity index (χ4v) is 4.52. The van der Waals surface area contributed by atoms with E-state index in [9.17, 15) is 18.0 Å². The molecule has 14 nitrogen and oxygen atoms in total. The zero-order valence-corrected chi connectivity index (χ0v) is 33.2. The van der Waals surface area contributed by atoms with Crippen LogP contribution in [0.25, 0.3) is 0 Å². The molecule has 0 fully saturated rings. The number of hydrogen-bond donors (Lipinski definition) is 1. The summed E-state index contributed by atoms with van der Waals surface area (Å²) < 4.78 is 105. The van der Waals surface area contributed by atoms with Gasteiger partial charge in [-0.2, -0.15) is 13.2 Å². The minimum atomic E-state index is -4.48. The van der Waals surface area contributed by atoms with Crippen molar-refractivity contribution in [3.63, 3.8) is 0 Å². The van der Waals surface area contributed by atoms with Crippen molar-refractivity contribution in [1.82, 2.24) is 0 Å². The lowest BCUT2D eigenvalue weighted by Gasteiger charge is -2.13. The van der Waals surface area contributed by atoms with Crippen molar-refractivity contribution in [1.29, 1.82) is 0 Å². The summed E-state index contributed by atoms with van der Waals surface area (Å²) in [7, 11) is 0. The molecule has 0 unspecified atom stereocenters. The predicted octanol–water partition coefficient (Wildman–Crippen LogP) is 5.59. The molecule has 0 aliphatic heterocycles. The molecule has 0 amide bonds. The van der Waals surface area contributed by atoms with Crippen LogP contribution < -0.4 is 5.32 Å². The SMILES string of the molecule is CCCCOCCOCCOCCOCCOCCOCCOCCOCCOCCOCCOCCOC(=O)c1ccccc1Nc1cccc(C(F)(F)F)c1. The van der Waals surface area contributed by atoms with Gasteiger partial charge in [0.2, 0.25) is 0 Å². The van der Waals surface area contributed by atoms with Crippen LogP contribution in [-0.4, -0.2) is 158 Å². The van der Waals surface area contributed by atoms with Gasteiger partial charge < -0.3 is 62.2 Å². The van der Waals surface area contributed by atoms with Gasteiger partial charge in [0, 0.05) is 12.3 Å². The van der Waals surface area contributed by atoms with Crippen LogP contribution in [0.3, 0.4) is 0 Å². The molecule has 0 aromatic heterocycles. The number of hydrogen-bond acceptors (Lipinski definition) is 14. The van der Waals surface area contributed by atoms with Gasteiger partial charge in [0.25, 0.3) is 0 Å². The summed E-state index contributed by atoms with van der Waals surface area (Å²) in [5.74, 6) is -0.629. The fraction of sp³-hybridized carbons (Fsp3) is 0.675. The molecule has 0 atom stereocenters. The van der Waals surface area contributed by atoms with E-state index in [-0.39, 0.29) is 24.5 Å². The number of unbranched alkanes of at least 4 members (excludes halogenated alkanes) is 1. The molecule has 0 spiro atoms. The zero-order chi connectivity index (χ0) is 40.9. The van der Waals surface area contributed by atoms with Crippen LogP contribution in [0, 0.1) is 0 Å². The Labute approximate surface area is 334 Å². The first-order valence-electron chi connectivity index (χ1n) is 19.5. The average molecular weight is 822 g/mol. The standard InChI is InChI=1S/C40H62F3NO13/c1-2-3-11-46-12-13-47-14-15-48-16-17-49-18-19-50-20-21-51-22-23-52-24-25-53-26-27-54-28-29-55-30-31-56-32-33-57-39(45)37-9-4-5-10-38(37)44-36-8-6-7-35(34-36)40(41,42)43/h4-10,34,44H,2-3,11-33H2,1H3. The molecule has 1 N–H and O–H groups in total. The molecular formula is C40H62F3NO13. The van der Waals surface area contributed by atoms with Crippen LogP contribution in [0.1, 0.15) is 35.7 Å². The van der Waals surface area contributed by atoms with Gasteiger partial charge in [-0.25, -0.2) is 4.79 Å². The lowest BCUT2D eigenvalue weighted by Crippen LogP contribution is -2.16. The lowest BCUT2D eigenvalue weighted by molar-refractivity contribution is -0.137. The van der Waals surface area contributed by atoms with Crippen LogP contribution in [0.2, 0.25) is 0 Å². The highest BCUT2D eigenvalue weighted by atomic mass is 19.4. The second-order valence-corrected chi connectivity index (χ2v) is 12.0. The molecule has 0 radical (unpaired) electrons. The average Bonchev–Trinajstić information content (AvgIpc) is 3.20. The number of carbonyl (C=O) groups is 1. The first-order chi connectivity index (χ1) is 27.9. The Morgan fingerprint density at radius 3 is 1.25 bits per heavy atom. The van der Waals surface area contributed by atoms with E-state index in [0.29, 0.717) is 138 Å². The number of alkyl halides is 3. The van der Waals surface area contributed by atoms with Crippen molar-refractivity contribution in [3.05, 3.63) is 59.7 Å². The van der Waals surface area contributed by atoms with E-state index in [1.165, 1.54) is 18.2 Å². The number of ether oxygens (including phenoxy) is 12. The summed E-state index contributed by atoms with van der Waals surface area (Å²) in [4.78, 5) is 12.6. The van der Waals surface area contributed by atoms with Gasteiger partial charge in [-0.05, 0) is 36.8 Å². The Hall–Kier alpha value is -2.94. The topological polar surface area (TPSA) is 140 Å². The number of para-hydroxylation sites is 1. The highest BCUT2D eigenvalue weighted by Gasteiger charge is 2.30. The second kappa shape index (κ2) is 35.0. The highest BCUT2D eigenvalue weighted by Crippen LogP contribution is 2.32. The molecule has 0 aliphatic carbocycles. The molecule has 0 saturated heterocycles. The summed E-state index contributed by atoms with van der Waals surface area (Å²) in [6.45, 7) is 12.5. The highest BCUT2D eigenvalue weighted by molar-refractivity contribution is 5.96. The van der Waals surface area contributed by atoms with Gasteiger partial charge in [-0.15, -0.1) is 0 Å². The summed E-state index contributed by atoms with van der Waals surface area (Å²) in [6.07, 6.45) is -2.27. The van der Waals surface area contributed by atoms with Crippen LogP contribution in [0.15, 0.2) is 48.5 Å². The third kappa shape index (κ3) is 28.2. The lowest BCUT2D eigenvalue weighted by atomic mass is 10.1. The first kappa shape index (κ1) is 50.2. The number of carbonyl (C=O) groups excluding carboxylic acids is 1. The molecule has 2 rings (SSSR count). The van der Waals surface area contributed by atoms with E-state index in [4.69, 9.17) is 56.8 Å². The summed E-state index contributed by atoms with van der Waals surface area (Å²) in [5, 5.41) is 2.86. The van der Waals surface area contributed by atoms with Gasteiger partial charge in [-0.1, -0.05) is 31.5 Å². The van der Waals surface area contributed by atoms with Crippen LogP contribution in [0.4, 0.5) is 24.5 Å². The quantitative estimate of drug-likeness (QED) is 0.0662. The van der Waals surface area contributed by atoms with E-state index in [0.717, 1.165) is 31.6 Å². The molecule has 326 valence electrons. The normalized spacial score (nSPS) is 11.6. The Bertz CT molecular complexity index is 1250. The fourth-order valence-electron chi connectivity index (χ4n) is 4.52. The molecule has 0 bridgehead atoms. The van der Waals surface area contributed by atoms with Crippen molar-refractivity contribution in [2.75, 3.05) is 157 Å². The van der Waals surface area contributed by atoms with E-state index < -0.39 is 17.7 Å². The van der Waals surface area contributed by atoms with E-state index in [2.05, 4.69) is 12.2 Å². The maximum atomic E-state index is 13.1. The first-order valence-corrected chi connectivity index (χ1v) is 19.5. The molecule has 0 saturated carbocycles. The van der Waals surface area contributed by atoms with Gasteiger partial charge in [0.1, 0.15) is 6.61 Å². The number of halogens is 3. The number of anilines is 2. The van der Waals surface area contributed by atoms with Crippen molar-refractivity contribution >= 4 is 17.3 Å². The maximum absolute atomic E-state index is 13.1. The molecule has 0 heterocycles.